The number of hydrogen-bond acceptors (Lipinski definition) is 3. The number of fused-ring (bicyclic) bond motifs is 4. The lowest BCUT2D eigenvalue weighted by atomic mass is 9.82. The SMILES string of the molecule is C=C1/C=C\C=C/N(c2cccc(C=NC(=NC(=N)C3=CC=CC(C)C3)C3(C)C=CC=CC3)c2)c2cc(-c3cccc4c3sc3c(-c5ccccc5)cccc34)ccc21. The van der Waals surface area contributed by atoms with Crippen LogP contribution in [-0.2, 0) is 0 Å². The summed E-state index contributed by atoms with van der Waals surface area (Å²) in [5, 5.41) is 11.5. The molecular weight excluding hydrogens is 725 g/mol. The third kappa shape index (κ3) is 7.21. The van der Waals surface area contributed by atoms with E-state index in [1.54, 1.807) is 0 Å². The summed E-state index contributed by atoms with van der Waals surface area (Å²) in [5.74, 6) is 1.28. The van der Waals surface area contributed by atoms with Crippen molar-refractivity contribution in [3.63, 3.8) is 0 Å². The summed E-state index contributed by atoms with van der Waals surface area (Å²) >= 11 is 1.87. The van der Waals surface area contributed by atoms with Crippen LogP contribution in [0.3, 0.4) is 0 Å². The molecule has 4 nitrogen and oxygen atoms in total. The summed E-state index contributed by atoms with van der Waals surface area (Å²) in [6.45, 7) is 8.78. The van der Waals surface area contributed by atoms with Crippen LogP contribution in [0.1, 0.15) is 37.8 Å². The topological polar surface area (TPSA) is 51.8 Å². The Morgan fingerprint density at radius 2 is 1.59 bits per heavy atom. The summed E-state index contributed by atoms with van der Waals surface area (Å²) < 4.78 is 2.58. The van der Waals surface area contributed by atoms with E-state index >= 15 is 0 Å². The van der Waals surface area contributed by atoms with Gasteiger partial charge < -0.3 is 4.90 Å². The molecule has 0 spiro atoms. The van der Waals surface area contributed by atoms with Crippen molar-refractivity contribution in [3.05, 3.63) is 199 Å². The van der Waals surface area contributed by atoms with Gasteiger partial charge in [-0.1, -0.05) is 159 Å². The van der Waals surface area contributed by atoms with Gasteiger partial charge in [0.25, 0.3) is 0 Å². The highest BCUT2D eigenvalue weighted by atomic mass is 32.1. The van der Waals surface area contributed by atoms with Crippen LogP contribution in [0.15, 0.2) is 198 Å². The fourth-order valence-corrected chi connectivity index (χ4v) is 9.42. The lowest BCUT2D eigenvalue weighted by Crippen LogP contribution is -2.26. The van der Waals surface area contributed by atoms with Crippen LogP contribution < -0.4 is 4.90 Å². The second kappa shape index (κ2) is 15.7. The zero-order valence-corrected chi connectivity index (χ0v) is 33.6. The molecular formula is C53H44N4S. The molecule has 0 radical (unpaired) electrons. The largest absolute Gasteiger partial charge is 0.317 e. The number of benzene rings is 5. The Balaban J connectivity index is 1.10. The van der Waals surface area contributed by atoms with Gasteiger partial charge in [-0.2, -0.15) is 0 Å². The second-order valence-electron chi connectivity index (χ2n) is 15.5. The summed E-state index contributed by atoms with van der Waals surface area (Å²) in [6.07, 6.45) is 26.4. The smallest absolute Gasteiger partial charge is 0.149 e. The Bertz CT molecular complexity index is 2860. The predicted octanol–water partition coefficient (Wildman–Crippen LogP) is 14.5. The molecule has 0 saturated heterocycles. The first kappa shape index (κ1) is 36.9. The van der Waals surface area contributed by atoms with Crippen molar-refractivity contribution in [3.8, 4) is 22.3 Å². The molecule has 2 aliphatic carbocycles. The van der Waals surface area contributed by atoms with Gasteiger partial charge in [-0.15, -0.1) is 11.3 Å². The minimum Gasteiger partial charge on any atom is -0.317 e. The van der Waals surface area contributed by atoms with E-state index in [0.29, 0.717) is 11.8 Å². The first-order valence-electron chi connectivity index (χ1n) is 19.9. The monoisotopic (exact) mass is 768 g/mol. The van der Waals surface area contributed by atoms with Crippen molar-refractivity contribution in [1.29, 1.82) is 5.41 Å². The van der Waals surface area contributed by atoms with Crippen molar-refractivity contribution in [2.45, 2.75) is 26.7 Å². The molecule has 1 N–H and O–H groups in total. The molecule has 2 unspecified atom stereocenters. The van der Waals surface area contributed by atoms with Gasteiger partial charge in [0.2, 0.25) is 0 Å². The number of rotatable bonds is 6. The molecule has 6 aromatic rings. The molecule has 2 atom stereocenters. The number of amidine groups is 2. The van der Waals surface area contributed by atoms with Crippen molar-refractivity contribution >= 4 is 66.3 Å². The van der Waals surface area contributed by atoms with Crippen LogP contribution in [0.2, 0.25) is 0 Å². The normalized spacial score (nSPS) is 20.3. The third-order valence-corrected chi connectivity index (χ3v) is 12.5. The number of thiophene rings is 1. The zero-order chi connectivity index (χ0) is 39.6. The van der Waals surface area contributed by atoms with E-state index in [-0.39, 0.29) is 5.84 Å². The summed E-state index contributed by atoms with van der Waals surface area (Å²) in [7, 11) is 0. The van der Waals surface area contributed by atoms with Crippen molar-refractivity contribution in [2.75, 3.05) is 4.90 Å². The van der Waals surface area contributed by atoms with Crippen LogP contribution in [0, 0.1) is 16.7 Å². The summed E-state index contributed by atoms with van der Waals surface area (Å²) in [6, 6.07) is 39.2. The van der Waals surface area contributed by atoms with E-state index in [9.17, 15) is 0 Å². The molecule has 282 valence electrons. The van der Waals surface area contributed by atoms with Gasteiger partial charge in [-0.05, 0) is 88.9 Å². The fourth-order valence-electron chi connectivity index (χ4n) is 8.05. The van der Waals surface area contributed by atoms with Crippen molar-refractivity contribution < 1.29 is 0 Å². The first-order chi connectivity index (χ1) is 28.3. The molecule has 5 aromatic carbocycles. The van der Waals surface area contributed by atoms with Crippen LogP contribution in [0.4, 0.5) is 11.4 Å². The zero-order valence-electron chi connectivity index (χ0n) is 32.8. The second-order valence-corrected chi connectivity index (χ2v) is 16.5. The van der Waals surface area contributed by atoms with Crippen molar-refractivity contribution in [1.82, 2.24) is 0 Å². The third-order valence-electron chi connectivity index (χ3n) is 11.2. The molecule has 1 aromatic heterocycles. The molecule has 58 heavy (non-hydrogen) atoms. The highest BCUT2D eigenvalue weighted by Gasteiger charge is 2.29. The Labute approximate surface area is 344 Å². The average molecular weight is 769 g/mol. The Morgan fingerprint density at radius 1 is 0.810 bits per heavy atom. The van der Waals surface area contributed by atoms with Gasteiger partial charge >= 0.3 is 0 Å². The molecule has 2 heterocycles. The predicted molar refractivity (Wildman–Crippen MR) is 251 cm³/mol. The summed E-state index contributed by atoms with van der Waals surface area (Å²) in [5.41, 5.74) is 10.4. The van der Waals surface area contributed by atoms with E-state index < -0.39 is 5.41 Å². The molecule has 5 heteroatoms. The highest BCUT2D eigenvalue weighted by molar-refractivity contribution is 7.26. The maximum absolute atomic E-state index is 8.95. The Kier molecular flexibility index (Phi) is 9.98. The maximum Gasteiger partial charge on any atom is 0.149 e. The molecule has 0 fully saturated rings. The molecule has 9 rings (SSSR count). The van der Waals surface area contributed by atoms with E-state index in [0.717, 1.165) is 52.1 Å². The molecule has 3 aliphatic rings. The highest BCUT2D eigenvalue weighted by Crippen LogP contribution is 2.45. The maximum atomic E-state index is 8.95. The Hall–Kier alpha value is -6.69. The van der Waals surface area contributed by atoms with Gasteiger partial charge in [0.15, 0.2) is 0 Å². The quantitative estimate of drug-likeness (QED) is 0.133. The first-order valence-corrected chi connectivity index (χ1v) is 20.7. The van der Waals surface area contributed by atoms with Crippen LogP contribution >= 0.6 is 11.3 Å². The van der Waals surface area contributed by atoms with E-state index in [1.807, 2.05) is 35.8 Å². The lowest BCUT2D eigenvalue weighted by molar-refractivity contribution is 0.596. The number of allylic oxidation sites excluding steroid dienone is 10. The van der Waals surface area contributed by atoms with Crippen LogP contribution in [0.25, 0.3) is 48.0 Å². The van der Waals surface area contributed by atoms with Crippen LogP contribution in [-0.4, -0.2) is 17.9 Å². The van der Waals surface area contributed by atoms with Gasteiger partial charge in [0, 0.05) is 49.3 Å². The number of nitrogens with zero attached hydrogens (tertiary/aromatic N) is 3. The molecule has 0 amide bonds. The van der Waals surface area contributed by atoms with Gasteiger partial charge in [-0.3, -0.25) is 5.41 Å². The minimum absolute atomic E-state index is 0.274. The van der Waals surface area contributed by atoms with E-state index in [2.05, 4.69) is 183 Å². The van der Waals surface area contributed by atoms with Crippen LogP contribution in [0.5, 0.6) is 0 Å². The number of aliphatic imine (C=N–C) groups is 2. The van der Waals surface area contributed by atoms with E-state index in [1.165, 1.54) is 36.9 Å². The standard InChI is InChI=1S/C53H44N4S/c1-36-16-12-21-41(32-36)51(54)56-52(53(3)29-9-5-10-30-53)55-35-38-18-13-22-42(33-38)57-31-11-8-17-37(2)43-28-27-40(34-48(43)57)45-24-15-26-47-46-25-14-23-44(49(46)58-50(45)47)39-19-6-4-7-20-39/h4-29,31,33-36,54H,2,30,32H2,1,3H3/b17-8-,31-11-,54-51?,55-35?,56-52?. The summed E-state index contributed by atoms with van der Waals surface area (Å²) in [4.78, 5) is 12.2. The minimum atomic E-state index is -0.431. The van der Waals surface area contributed by atoms with E-state index in [4.69, 9.17) is 15.4 Å². The fraction of sp³-hybridized carbons (Fsp3) is 0.113. The number of anilines is 2. The number of nitrogens with one attached hydrogen (secondary N) is 1. The lowest BCUT2D eigenvalue weighted by Gasteiger charge is -2.27. The Morgan fingerprint density at radius 3 is 2.34 bits per heavy atom. The molecule has 1 aliphatic heterocycles. The number of hydrogen-bond donors (Lipinski definition) is 1. The van der Waals surface area contributed by atoms with Gasteiger partial charge in [-0.25, -0.2) is 9.98 Å². The molecule has 0 saturated carbocycles. The molecule has 0 bridgehead atoms. The van der Waals surface area contributed by atoms with Gasteiger partial charge in [0.05, 0.1) is 5.69 Å². The van der Waals surface area contributed by atoms with Crippen molar-refractivity contribution in [2.24, 2.45) is 21.3 Å². The van der Waals surface area contributed by atoms with Gasteiger partial charge in [0.1, 0.15) is 11.7 Å². The average Bonchev–Trinajstić information content (AvgIpc) is 3.64.